The van der Waals surface area contributed by atoms with Gasteiger partial charge in [-0.15, -0.1) is 0 Å². The Morgan fingerprint density at radius 1 is 1.12 bits per heavy atom. The second-order valence-electron chi connectivity index (χ2n) is 3.73. The van der Waals surface area contributed by atoms with Gasteiger partial charge in [-0.05, 0) is 18.6 Å². The zero-order valence-corrected chi connectivity index (χ0v) is 10.5. The summed E-state index contributed by atoms with van der Waals surface area (Å²) in [4.78, 5) is 14.5. The molecule has 0 radical (unpaired) electrons. The van der Waals surface area contributed by atoms with Crippen molar-refractivity contribution in [1.29, 1.82) is 0 Å². The quantitative estimate of drug-likeness (QED) is 0.840. The van der Waals surface area contributed by atoms with E-state index in [0.29, 0.717) is 5.33 Å². The maximum absolute atomic E-state index is 11.6. The number of hydrogen-bond acceptors (Lipinski definition) is 1. The van der Waals surface area contributed by atoms with Crippen molar-refractivity contribution in [1.82, 2.24) is 4.98 Å². The molecule has 2 rings (SSSR count). The number of aromatic nitrogens is 1. The van der Waals surface area contributed by atoms with Crippen LogP contribution in [0.4, 0.5) is 0 Å². The van der Waals surface area contributed by atoms with Crippen LogP contribution in [0, 0.1) is 6.92 Å². The molecule has 16 heavy (non-hydrogen) atoms. The van der Waals surface area contributed by atoms with E-state index in [9.17, 15) is 4.79 Å². The third kappa shape index (κ3) is 2.25. The molecule has 3 heteroatoms. The second kappa shape index (κ2) is 4.66. The van der Waals surface area contributed by atoms with Crippen LogP contribution in [-0.2, 0) is 5.33 Å². The molecule has 0 saturated heterocycles. The standard InChI is InChI=1S/C13H12BrNO/c1-9-2-4-10(5-3-9)12-7-6-11(8-14)13(16)15-12/h2-7H,8H2,1H3,(H,15,16). The summed E-state index contributed by atoms with van der Waals surface area (Å²) in [7, 11) is 0. The van der Waals surface area contributed by atoms with Crippen molar-refractivity contribution in [2.24, 2.45) is 0 Å². The lowest BCUT2D eigenvalue weighted by atomic mass is 10.1. The number of benzene rings is 1. The molecule has 0 amide bonds. The van der Waals surface area contributed by atoms with Crippen molar-refractivity contribution in [2.45, 2.75) is 12.3 Å². The first-order chi connectivity index (χ1) is 7.70. The number of nitrogens with one attached hydrogen (secondary N) is 1. The number of pyridine rings is 1. The van der Waals surface area contributed by atoms with Crippen LogP contribution >= 0.6 is 15.9 Å². The molecule has 0 atom stereocenters. The molecular weight excluding hydrogens is 266 g/mol. The summed E-state index contributed by atoms with van der Waals surface area (Å²) in [6.45, 7) is 2.04. The Morgan fingerprint density at radius 3 is 2.38 bits per heavy atom. The highest BCUT2D eigenvalue weighted by molar-refractivity contribution is 9.08. The van der Waals surface area contributed by atoms with E-state index in [1.807, 2.05) is 43.3 Å². The van der Waals surface area contributed by atoms with Crippen LogP contribution < -0.4 is 5.56 Å². The molecule has 1 heterocycles. The van der Waals surface area contributed by atoms with Gasteiger partial charge in [-0.3, -0.25) is 4.79 Å². The van der Waals surface area contributed by atoms with Crippen molar-refractivity contribution in [3.05, 3.63) is 57.9 Å². The lowest BCUT2D eigenvalue weighted by Gasteiger charge is -2.03. The summed E-state index contributed by atoms with van der Waals surface area (Å²) in [6.07, 6.45) is 0. The molecule has 2 nitrogen and oxygen atoms in total. The summed E-state index contributed by atoms with van der Waals surface area (Å²) >= 11 is 3.28. The van der Waals surface area contributed by atoms with Crippen LogP contribution in [0.1, 0.15) is 11.1 Å². The van der Waals surface area contributed by atoms with E-state index in [1.54, 1.807) is 0 Å². The van der Waals surface area contributed by atoms with Crippen LogP contribution in [-0.4, -0.2) is 4.98 Å². The third-order valence-electron chi connectivity index (χ3n) is 2.50. The maximum Gasteiger partial charge on any atom is 0.252 e. The molecule has 0 aliphatic rings. The van der Waals surface area contributed by atoms with Crippen LogP contribution in [0.3, 0.4) is 0 Å². The highest BCUT2D eigenvalue weighted by atomic mass is 79.9. The molecule has 82 valence electrons. The average Bonchev–Trinajstić information content (AvgIpc) is 2.30. The summed E-state index contributed by atoms with van der Waals surface area (Å²) in [5.41, 5.74) is 3.81. The second-order valence-corrected chi connectivity index (χ2v) is 4.29. The topological polar surface area (TPSA) is 32.9 Å². The van der Waals surface area contributed by atoms with E-state index in [4.69, 9.17) is 0 Å². The van der Waals surface area contributed by atoms with Gasteiger partial charge in [-0.25, -0.2) is 0 Å². The number of rotatable bonds is 2. The Morgan fingerprint density at radius 2 is 1.81 bits per heavy atom. The number of aryl methyl sites for hydroxylation is 1. The molecule has 1 aromatic heterocycles. The maximum atomic E-state index is 11.6. The minimum atomic E-state index is -0.0325. The van der Waals surface area contributed by atoms with E-state index in [-0.39, 0.29) is 5.56 Å². The number of aromatic amines is 1. The van der Waals surface area contributed by atoms with Gasteiger partial charge in [-0.1, -0.05) is 51.8 Å². The van der Waals surface area contributed by atoms with E-state index in [1.165, 1.54) is 5.56 Å². The third-order valence-corrected chi connectivity index (χ3v) is 3.10. The van der Waals surface area contributed by atoms with E-state index < -0.39 is 0 Å². The zero-order valence-electron chi connectivity index (χ0n) is 8.96. The fourth-order valence-corrected chi connectivity index (χ4v) is 1.95. The fraction of sp³-hybridized carbons (Fsp3) is 0.154. The first-order valence-corrected chi connectivity index (χ1v) is 6.18. The Bertz CT molecular complexity index is 543. The summed E-state index contributed by atoms with van der Waals surface area (Å²) in [6, 6.07) is 11.9. The van der Waals surface area contributed by atoms with Crippen LogP contribution in [0.25, 0.3) is 11.3 Å². The molecule has 1 N–H and O–H groups in total. The normalized spacial score (nSPS) is 10.4. The van der Waals surface area contributed by atoms with Gasteiger partial charge < -0.3 is 4.98 Å². The SMILES string of the molecule is Cc1ccc(-c2ccc(CBr)c(=O)[nH]2)cc1. The van der Waals surface area contributed by atoms with Gasteiger partial charge >= 0.3 is 0 Å². The lowest BCUT2D eigenvalue weighted by Crippen LogP contribution is -2.11. The molecule has 2 aromatic rings. The minimum Gasteiger partial charge on any atom is -0.322 e. The van der Waals surface area contributed by atoms with E-state index in [2.05, 4.69) is 20.9 Å². The summed E-state index contributed by atoms with van der Waals surface area (Å²) < 4.78 is 0. The first-order valence-electron chi connectivity index (χ1n) is 5.06. The van der Waals surface area contributed by atoms with Crippen LogP contribution in [0.15, 0.2) is 41.2 Å². The molecule has 0 aliphatic heterocycles. The van der Waals surface area contributed by atoms with Crippen molar-refractivity contribution in [3.8, 4) is 11.3 Å². The Kier molecular flexibility index (Phi) is 3.25. The highest BCUT2D eigenvalue weighted by Crippen LogP contribution is 2.16. The molecule has 1 aromatic carbocycles. The van der Waals surface area contributed by atoms with E-state index in [0.717, 1.165) is 16.8 Å². The Hall–Kier alpha value is -1.35. The highest BCUT2D eigenvalue weighted by Gasteiger charge is 2.01. The Labute approximate surface area is 102 Å². The predicted octanol–water partition coefficient (Wildman–Crippen LogP) is 3.25. The van der Waals surface area contributed by atoms with Crippen molar-refractivity contribution >= 4 is 15.9 Å². The van der Waals surface area contributed by atoms with Gasteiger partial charge in [-0.2, -0.15) is 0 Å². The van der Waals surface area contributed by atoms with Gasteiger partial charge in [0.2, 0.25) is 0 Å². The Balaban J connectivity index is 2.45. The van der Waals surface area contributed by atoms with Crippen molar-refractivity contribution in [2.75, 3.05) is 0 Å². The molecular formula is C13H12BrNO. The van der Waals surface area contributed by atoms with E-state index >= 15 is 0 Å². The zero-order chi connectivity index (χ0) is 11.5. The molecule has 0 saturated carbocycles. The van der Waals surface area contributed by atoms with Crippen LogP contribution in [0.5, 0.6) is 0 Å². The molecule has 0 unspecified atom stereocenters. The summed E-state index contributed by atoms with van der Waals surface area (Å²) in [5, 5.41) is 0.580. The lowest BCUT2D eigenvalue weighted by molar-refractivity contribution is 1.18. The first kappa shape index (κ1) is 11.1. The van der Waals surface area contributed by atoms with Gasteiger partial charge in [0.05, 0.1) is 0 Å². The fourth-order valence-electron chi connectivity index (χ4n) is 1.51. The predicted molar refractivity (Wildman–Crippen MR) is 69.9 cm³/mol. The monoisotopic (exact) mass is 277 g/mol. The molecule has 0 bridgehead atoms. The van der Waals surface area contributed by atoms with Crippen molar-refractivity contribution < 1.29 is 0 Å². The number of hydrogen-bond donors (Lipinski definition) is 1. The minimum absolute atomic E-state index is 0.0325. The van der Waals surface area contributed by atoms with Crippen LogP contribution in [0.2, 0.25) is 0 Å². The smallest absolute Gasteiger partial charge is 0.252 e. The van der Waals surface area contributed by atoms with Gasteiger partial charge in [0, 0.05) is 16.6 Å². The summed E-state index contributed by atoms with van der Waals surface area (Å²) in [5.74, 6) is 0. The van der Waals surface area contributed by atoms with Gasteiger partial charge in [0.15, 0.2) is 0 Å². The number of alkyl halides is 1. The number of halogens is 1. The van der Waals surface area contributed by atoms with Gasteiger partial charge in [0.1, 0.15) is 0 Å². The number of H-pyrrole nitrogens is 1. The largest absolute Gasteiger partial charge is 0.322 e. The van der Waals surface area contributed by atoms with Crippen molar-refractivity contribution in [3.63, 3.8) is 0 Å². The average molecular weight is 278 g/mol. The van der Waals surface area contributed by atoms with Gasteiger partial charge in [0.25, 0.3) is 5.56 Å². The molecule has 0 aliphatic carbocycles. The molecule has 0 fully saturated rings. The molecule has 0 spiro atoms.